The molecule has 3 rings (SSSR count). The number of carbonyl (C=O) groups excluding carboxylic acids is 1. The van der Waals surface area contributed by atoms with E-state index in [1.807, 2.05) is 6.20 Å². The van der Waals surface area contributed by atoms with E-state index in [9.17, 15) is 4.79 Å². The van der Waals surface area contributed by atoms with Crippen LogP contribution in [0.15, 0.2) is 33.4 Å². The standard InChI is InChI=1S/C14H16BrN3O3/c15-10-6-17-18(8-10)9-12-3-4-13(21-12)14(19)16-7-11-2-1-5-20-11/h3-4,6,8,11H,1-2,5,7,9H2,(H,16,19)/t11-/m1/s1. The van der Waals surface area contributed by atoms with Gasteiger partial charge in [-0.1, -0.05) is 0 Å². The average Bonchev–Trinajstić information content (AvgIpc) is 3.19. The van der Waals surface area contributed by atoms with Gasteiger partial charge in [-0.2, -0.15) is 5.10 Å². The van der Waals surface area contributed by atoms with Gasteiger partial charge in [0.15, 0.2) is 5.76 Å². The molecule has 0 unspecified atom stereocenters. The van der Waals surface area contributed by atoms with Crippen LogP contribution < -0.4 is 5.32 Å². The van der Waals surface area contributed by atoms with E-state index in [0.29, 0.717) is 24.6 Å². The Labute approximate surface area is 130 Å². The number of nitrogens with one attached hydrogen (secondary N) is 1. The summed E-state index contributed by atoms with van der Waals surface area (Å²) in [7, 11) is 0. The number of halogens is 1. The van der Waals surface area contributed by atoms with Crippen LogP contribution in [-0.4, -0.2) is 34.9 Å². The van der Waals surface area contributed by atoms with Crippen LogP contribution in [0.4, 0.5) is 0 Å². The molecule has 2 aromatic heterocycles. The highest BCUT2D eigenvalue weighted by Gasteiger charge is 2.18. The van der Waals surface area contributed by atoms with Crippen LogP contribution in [0.2, 0.25) is 0 Å². The molecule has 0 spiro atoms. The number of ether oxygens (including phenoxy) is 1. The third kappa shape index (κ3) is 3.74. The largest absolute Gasteiger partial charge is 0.454 e. The number of nitrogens with zero attached hydrogens (tertiary/aromatic N) is 2. The lowest BCUT2D eigenvalue weighted by molar-refractivity contribution is 0.0833. The van der Waals surface area contributed by atoms with E-state index in [2.05, 4.69) is 26.3 Å². The highest BCUT2D eigenvalue weighted by Crippen LogP contribution is 2.13. The second kappa shape index (κ2) is 6.44. The molecule has 21 heavy (non-hydrogen) atoms. The maximum absolute atomic E-state index is 12.0. The van der Waals surface area contributed by atoms with Gasteiger partial charge in [0.05, 0.1) is 23.3 Å². The van der Waals surface area contributed by atoms with Gasteiger partial charge in [0.25, 0.3) is 5.91 Å². The number of rotatable bonds is 5. The fourth-order valence-electron chi connectivity index (χ4n) is 2.27. The maximum Gasteiger partial charge on any atom is 0.287 e. The molecule has 0 bridgehead atoms. The average molecular weight is 354 g/mol. The van der Waals surface area contributed by atoms with Crippen molar-refractivity contribution in [1.82, 2.24) is 15.1 Å². The normalized spacial score (nSPS) is 18.0. The minimum Gasteiger partial charge on any atom is -0.454 e. The number of hydrogen-bond donors (Lipinski definition) is 1. The molecular formula is C14H16BrN3O3. The molecular weight excluding hydrogens is 338 g/mol. The van der Waals surface area contributed by atoms with Gasteiger partial charge in [0.2, 0.25) is 0 Å². The van der Waals surface area contributed by atoms with Crippen LogP contribution in [0.5, 0.6) is 0 Å². The molecule has 0 aromatic carbocycles. The Kier molecular flexibility index (Phi) is 4.40. The maximum atomic E-state index is 12.0. The molecule has 2 aromatic rings. The van der Waals surface area contributed by atoms with E-state index in [1.54, 1.807) is 23.0 Å². The summed E-state index contributed by atoms with van der Waals surface area (Å²) in [4.78, 5) is 12.0. The van der Waals surface area contributed by atoms with Crippen LogP contribution >= 0.6 is 15.9 Å². The van der Waals surface area contributed by atoms with E-state index in [-0.39, 0.29) is 12.0 Å². The van der Waals surface area contributed by atoms with E-state index < -0.39 is 0 Å². The Morgan fingerprint density at radius 1 is 1.52 bits per heavy atom. The lowest BCUT2D eigenvalue weighted by atomic mass is 10.2. The lowest BCUT2D eigenvalue weighted by Gasteiger charge is -2.09. The summed E-state index contributed by atoms with van der Waals surface area (Å²) in [5.41, 5.74) is 0. The Bertz CT molecular complexity index is 617. The molecule has 0 aliphatic carbocycles. The van der Waals surface area contributed by atoms with Crippen molar-refractivity contribution in [3.05, 3.63) is 40.5 Å². The Morgan fingerprint density at radius 3 is 3.14 bits per heavy atom. The number of amides is 1. The minimum absolute atomic E-state index is 0.129. The zero-order chi connectivity index (χ0) is 14.7. The predicted molar refractivity (Wildman–Crippen MR) is 79.0 cm³/mol. The summed E-state index contributed by atoms with van der Waals surface area (Å²) in [5.74, 6) is 0.792. The summed E-state index contributed by atoms with van der Waals surface area (Å²) in [6.07, 6.45) is 5.74. The van der Waals surface area contributed by atoms with Crippen molar-refractivity contribution >= 4 is 21.8 Å². The van der Waals surface area contributed by atoms with E-state index in [1.165, 1.54) is 0 Å². The molecule has 3 heterocycles. The predicted octanol–water partition coefficient (Wildman–Crippen LogP) is 2.20. The smallest absolute Gasteiger partial charge is 0.287 e. The first-order valence-electron chi connectivity index (χ1n) is 6.87. The van der Waals surface area contributed by atoms with E-state index >= 15 is 0 Å². The molecule has 1 amide bonds. The van der Waals surface area contributed by atoms with E-state index in [0.717, 1.165) is 23.9 Å². The van der Waals surface area contributed by atoms with Gasteiger partial charge in [0.1, 0.15) is 5.76 Å². The summed E-state index contributed by atoms with van der Waals surface area (Å²) in [5, 5.41) is 6.98. The van der Waals surface area contributed by atoms with Gasteiger partial charge in [-0.15, -0.1) is 0 Å². The molecule has 1 fully saturated rings. The van der Waals surface area contributed by atoms with Crippen molar-refractivity contribution in [2.24, 2.45) is 0 Å². The molecule has 0 saturated carbocycles. The van der Waals surface area contributed by atoms with Crippen molar-refractivity contribution in [2.75, 3.05) is 13.2 Å². The number of furan rings is 1. The van der Waals surface area contributed by atoms with Crippen LogP contribution in [0.1, 0.15) is 29.2 Å². The van der Waals surface area contributed by atoms with Crippen molar-refractivity contribution in [3.63, 3.8) is 0 Å². The van der Waals surface area contributed by atoms with Crippen LogP contribution in [0.3, 0.4) is 0 Å². The molecule has 1 aliphatic heterocycles. The quantitative estimate of drug-likeness (QED) is 0.894. The fraction of sp³-hybridized carbons (Fsp3) is 0.429. The van der Waals surface area contributed by atoms with Gasteiger partial charge in [0, 0.05) is 19.3 Å². The van der Waals surface area contributed by atoms with E-state index in [4.69, 9.17) is 9.15 Å². The van der Waals surface area contributed by atoms with Gasteiger partial charge < -0.3 is 14.5 Å². The van der Waals surface area contributed by atoms with Crippen LogP contribution in [0, 0.1) is 0 Å². The van der Waals surface area contributed by atoms with Crippen molar-refractivity contribution in [1.29, 1.82) is 0 Å². The van der Waals surface area contributed by atoms with Crippen LogP contribution in [-0.2, 0) is 11.3 Å². The molecule has 112 valence electrons. The Balaban J connectivity index is 1.54. The second-order valence-electron chi connectivity index (χ2n) is 4.97. The highest BCUT2D eigenvalue weighted by atomic mass is 79.9. The molecule has 0 radical (unpaired) electrons. The fourth-order valence-corrected chi connectivity index (χ4v) is 2.60. The zero-order valence-electron chi connectivity index (χ0n) is 11.4. The van der Waals surface area contributed by atoms with Crippen molar-refractivity contribution < 1.29 is 13.9 Å². The van der Waals surface area contributed by atoms with Gasteiger partial charge >= 0.3 is 0 Å². The summed E-state index contributed by atoms with van der Waals surface area (Å²) in [6, 6.07) is 3.47. The SMILES string of the molecule is O=C(NC[C@H]1CCCO1)c1ccc(Cn2cc(Br)cn2)o1. The first-order chi connectivity index (χ1) is 10.2. The summed E-state index contributed by atoms with van der Waals surface area (Å²) < 4.78 is 13.6. The third-order valence-electron chi connectivity index (χ3n) is 3.32. The van der Waals surface area contributed by atoms with Gasteiger partial charge in [-0.05, 0) is 40.9 Å². The first-order valence-corrected chi connectivity index (χ1v) is 7.66. The van der Waals surface area contributed by atoms with Crippen LogP contribution in [0.25, 0.3) is 0 Å². The molecule has 6 nitrogen and oxygen atoms in total. The monoisotopic (exact) mass is 353 g/mol. The van der Waals surface area contributed by atoms with Gasteiger partial charge in [-0.25, -0.2) is 0 Å². The zero-order valence-corrected chi connectivity index (χ0v) is 13.0. The van der Waals surface area contributed by atoms with Crippen molar-refractivity contribution in [3.8, 4) is 0 Å². The number of carbonyl (C=O) groups is 1. The third-order valence-corrected chi connectivity index (χ3v) is 3.73. The topological polar surface area (TPSA) is 69.3 Å². The van der Waals surface area contributed by atoms with Gasteiger partial charge in [-0.3, -0.25) is 9.48 Å². The molecule has 1 aliphatic rings. The molecule has 1 N–H and O–H groups in total. The van der Waals surface area contributed by atoms with Crippen molar-refractivity contribution in [2.45, 2.75) is 25.5 Å². The molecule has 1 saturated heterocycles. The molecule has 1 atom stereocenters. The lowest BCUT2D eigenvalue weighted by Crippen LogP contribution is -2.31. The minimum atomic E-state index is -0.210. The highest BCUT2D eigenvalue weighted by molar-refractivity contribution is 9.10. The first kappa shape index (κ1) is 14.3. The number of hydrogen-bond acceptors (Lipinski definition) is 4. The second-order valence-corrected chi connectivity index (χ2v) is 5.88. The Hall–Kier alpha value is -1.60. The number of aromatic nitrogens is 2. The summed E-state index contributed by atoms with van der Waals surface area (Å²) >= 11 is 3.34. The molecule has 7 heteroatoms. The summed E-state index contributed by atoms with van der Waals surface area (Å²) in [6.45, 7) is 1.80. The Morgan fingerprint density at radius 2 is 2.43 bits per heavy atom.